The molecule has 0 saturated carbocycles. The fourth-order valence-electron chi connectivity index (χ4n) is 3.35. The van der Waals surface area contributed by atoms with Crippen molar-refractivity contribution in [2.75, 3.05) is 19.0 Å². The minimum Gasteiger partial charge on any atom is -0.497 e. The Morgan fingerprint density at radius 3 is 2.62 bits per heavy atom. The summed E-state index contributed by atoms with van der Waals surface area (Å²) in [5.41, 5.74) is 7.72. The Hall–Kier alpha value is -3.02. The van der Waals surface area contributed by atoms with Crippen LogP contribution in [0.25, 0.3) is 0 Å². The molecular formula is C20H23N3O3. The van der Waals surface area contributed by atoms with Crippen LogP contribution in [0.3, 0.4) is 0 Å². The minimum absolute atomic E-state index is 0.0317. The second-order valence-corrected chi connectivity index (χ2v) is 6.35. The van der Waals surface area contributed by atoms with Crippen LogP contribution >= 0.6 is 0 Å². The van der Waals surface area contributed by atoms with Crippen LogP contribution in [-0.4, -0.2) is 30.5 Å². The van der Waals surface area contributed by atoms with Crippen LogP contribution in [0.15, 0.2) is 48.5 Å². The van der Waals surface area contributed by atoms with E-state index in [9.17, 15) is 9.59 Å². The van der Waals surface area contributed by atoms with Gasteiger partial charge in [0.05, 0.1) is 19.6 Å². The zero-order valence-electron chi connectivity index (χ0n) is 14.8. The van der Waals surface area contributed by atoms with Gasteiger partial charge in [0.1, 0.15) is 5.75 Å². The first-order valence-electron chi connectivity index (χ1n) is 8.66. The summed E-state index contributed by atoms with van der Waals surface area (Å²) in [6.45, 7) is 0.695. The van der Waals surface area contributed by atoms with Gasteiger partial charge in [-0.2, -0.15) is 0 Å². The Morgan fingerprint density at radius 1 is 1.19 bits per heavy atom. The highest BCUT2D eigenvalue weighted by molar-refractivity contribution is 5.91. The number of methoxy groups -OCH3 is 1. The lowest BCUT2D eigenvalue weighted by Gasteiger charge is -2.26. The second-order valence-electron chi connectivity index (χ2n) is 6.35. The fourth-order valence-corrected chi connectivity index (χ4v) is 3.35. The molecule has 0 spiro atoms. The predicted octanol–water partition coefficient (Wildman–Crippen LogP) is 3.09. The molecule has 1 aliphatic heterocycles. The first kappa shape index (κ1) is 17.8. The number of hydrogen-bond acceptors (Lipinski definition) is 3. The third-order valence-electron chi connectivity index (χ3n) is 4.64. The second kappa shape index (κ2) is 7.91. The van der Waals surface area contributed by atoms with Gasteiger partial charge >= 0.3 is 6.03 Å². The number of nitrogens with zero attached hydrogens (tertiary/aromatic N) is 1. The molecule has 1 saturated heterocycles. The zero-order valence-corrected chi connectivity index (χ0v) is 14.8. The van der Waals surface area contributed by atoms with Gasteiger partial charge in [0, 0.05) is 12.2 Å². The van der Waals surface area contributed by atoms with Crippen molar-refractivity contribution in [3.05, 3.63) is 59.7 Å². The van der Waals surface area contributed by atoms with E-state index in [1.165, 1.54) is 0 Å². The number of anilines is 1. The molecule has 3 N–H and O–H groups in total. The molecule has 1 aliphatic rings. The summed E-state index contributed by atoms with van der Waals surface area (Å²) < 4.78 is 5.20. The molecule has 1 fully saturated rings. The highest BCUT2D eigenvalue weighted by Crippen LogP contribution is 2.33. The molecule has 1 unspecified atom stereocenters. The van der Waals surface area contributed by atoms with Gasteiger partial charge in [0.2, 0.25) is 5.91 Å². The Kier molecular flexibility index (Phi) is 5.41. The average Bonchev–Trinajstić information content (AvgIpc) is 3.13. The molecule has 0 aliphatic carbocycles. The van der Waals surface area contributed by atoms with E-state index in [0.29, 0.717) is 17.8 Å². The van der Waals surface area contributed by atoms with Gasteiger partial charge in [0.25, 0.3) is 0 Å². The molecule has 1 heterocycles. The van der Waals surface area contributed by atoms with E-state index in [-0.39, 0.29) is 18.5 Å². The van der Waals surface area contributed by atoms with Gasteiger partial charge in [-0.3, -0.25) is 4.79 Å². The molecule has 3 rings (SSSR count). The SMILES string of the molecule is COc1ccc(C2CCCN2C(=O)Nc2ccccc2CC(N)=O)cc1. The molecule has 0 bridgehead atoms. The van der Waals surface area contributed by atoms with Gasteiger partial charge < -0.3 is 20.7 Å². The summed E-state index contributed by atoms with van der Waals surface area (Å²) in [4.78, 5) is 25.9. The van der Waals surface area contributed by atoms with Crippen molar-refractivity contribution in [3.63, 3.8) is 0 Å². The van der Waals surface area contributed by atoms with E-state index >= 15 is 0 Å². The van der Waals surface area contributed by atoms with E-state index < -0.39 is 5.91 Å². The van der Waals surface area contributed by atoms with E-state index in [0.717, 1.165) is 24.2 Å². The predicted molar refractivity (Wildman–Crippen MR) is 100 cm³/mol. The number of primary amides is 1. The maximum atomic E-state index is 12.8. The topological polar surface area (TPSA) is 84.7 Å². The molecule has 3 amide bonds. The van der Waals surface area contributed by atoms with Gasteiger partial charge in [-0.1, -0.05) is 30.3 Å². The normalized spacial score (nSPS) is 16.3. The van der Waals surface area contributed by atoms with Crippen molar-refractivity contribution in [1.82, 2.24) is 4.90 Å². The highest BCUT2D eigenvalue weighted by atomic mass is 16.5. The first-order valence-corrected chi connectivity index (χ1v) is 8.66. The van der Waals surface area contributed by atoms with Crippen LogP contribution in [0, 0.1) is 0 Å². The third kappa shape index (κ3) is 3.96. The number of carbonyl (C=O) groups excluding carboxylic acids is 2. The standard InChI is InChI=1S/C20H23N3O3/c1-26-16-10-8-14(9-11-16)18-7-4-12-23(18)20(25)22-17-6-3-2-5-15(17)13-19(21)24/h2-3,5-6,8-11,18H,4,7,12-13H2,1H3,(H2,21,24)(H,22,25). The minimum atomic E-state index is -0.427. The van der Waals surface area contributed by atoms with Crippen molar-refractivity contribution in [3.8, 4) is 5.75 Å². The fraction of sp³-hybridized carbons (Fsp3) is 0.300. The quantitative estimate of drug-likeness (QED) is 0.866. The summed E-state index contributed by atoms with van der Waals surface area (Å²) in [5, 5.41) is 2.93. The van der Waals surface area contributed by atoms with Gasteiger partial charge in [-0.15, -0.1) is 0 Å². The molecule has 0 aromatic heterocycles. The monoisotopic (exact) mass is 353 g/mol. The Balaban J connectivity index is 1.75. The first-order chi connectivity index (χ1) is 12.6. The maximum Gasteiger partial charge on any atom is 0.322 e. The molecule has 6 nitrogen and oxygen atoms in total. The van der Waals surface area contributed by atoms with E-state index in [1.807, 2.05) is 41.3 Å². The van der Waals surface area contributed by atoms with Crippen molar-refractivity contribution in [2.24, 2.45) is 5.73 Å². The van der Waals surface area contributed by atoms with Crippen LogP contribution in [0.2, 0.25) is 0 Å². The Bertz CT molecular complexity index is 789. The molecule has 26 heavy (non-hydrogen) atoms. The lowest BCUT2D eigenvalue weighted by atomic mass is 10.0. The smallest absolute Gasteiger partial charge is 0.322 e. The number of hydrogen-bond donors (Lipinski definition) is 2. The maximum absolute atomic E-state index is 12.8. The number of nitrogens with one attached hydrogen (secondary N) is 1. The van der Waals surface area contributed by atoms with Crippen LogP contribution < -0.4 is 15.8 Å². The van der Waals surface area contributed by atoms with Crippen molar-refractivity contribution < 1.29 is 14.3 Å². The van der Waals surface area contributed by atoms with Crippen LogP contribution in [-0.2, 0) is 11.2 Å². The van der Waals surface area contributed by atoms with Crippen molar-refractivity contribution in [1.29, 1.82) is 0 Å². The van der Waals surface area contributed by atoms with E-state index in [4.69, 9.17) is 10.5 Å². The number of amides is 3. The lowest BCUT2D eigenvalue weighted by molar-refractivity contribution is -0.117. The number of benzene rings is 2. The molecular weight excluding hydrogens is 330 g/mol. The van der Waals surface area contributed by atoms with Crippen LogP contribution in [0.4, 0.5) is 10.5 Å². The lowest BCUT2D eigenvalue weighted by Crippen LogP contribution is -2.34. The Labute approximate surface area is 152 Å². The van der Waals surface area contributed by atoms with Gasteiger partial charge in [-0.25, -0.2) is 4.79 Å². The number of urea groups is 1. The number of para-hydroxylation sites is 1. The van der Waals surface area contributed by atoms with Crippen LogP contribution in [0.1, 0.15) is 30.0 Å². The number of rotatable bonds is 5. The largest absolute Gasteiger partial charge is 0.497 e. The summed E-state index contributed by atoms with van der Waals surface area (Å²) in [7, 11) is 1.63. The number of ether oxygens (including phenoxy) is 1. The highest BCUT2D eigenvalue weighted by Gasteiger charge is 2.30. The molecule has 6 heteroatoms. The van der Waals surface area contributed by atoms with Gasteiger partial charge in [-0.05, 0) is 42.2 Å². The number of likely N-dealkylation sites (tertiary alicyclic amines) is 1. The molecule has 2 aromatic rings. The van der Waals surface area contributed by atoms with E-state index in [2.05, 4.69) is 5.32 Å². The van der Waals surface area contributed by atoms with Gasteiger partial charge in [0.15, 0.2) is 0 Å². The number of carbonyl (C=O) groups is 2. The Morgan fingerprint density at radius 2 is 1.92 bits per heavy atom. The number of nitrogens with two attached hydrogens (primary N) is 1. The molecule has 0 radical (unpaired) electrons. The summed E-state index contributed by atoms with van der Waals surface area (Å²) in [6, 6.07) is 14.9. The average molecular weight is 353 g/mol. The third-order valence-corrected chi connectivity index (χ3v) is 4.64. The summed E-state index contributed by atoms with van der Waals surface area (Å²) >= 11 is 0. The van der Waals surface area contributed by atoms with Crippen molar-refractivity contribution in [2.45, 2.75) is 25.3 Å². The zero-order chi connectivity index (χ0) is 18.5. The summed E-state index contributed by atoms with van der Waals surface area (Å²) in [6.07, 6.45) is 1.97. The molecule has 136 valence electrons. The molecule has 2 aromatic carbocycles. The van der Waals surface area contributed by atoms with Crippen molar-refractivity contribution >= 4 is 17.6 Å². The molecule has 1 atom stereocenters. The van der Waals surface area contributed by atoms with E-state index in [1.54, 1.807) is 19.2 Å². The summed E-state index contributed by atoms with van der Waals surface area (Å²) in [5.74, 6) is 0.368. The van der Waals surface area contributed by atoms with Crippen LogP contribution in [0.5, 0.6) is 5.75 Å².